The molecule has 0 radical (unpaired) electrons. The van der Waals surface area contributed by atoms with Crippen molar-refractivity contribution >= 4 is 11.8 Å². The van der Waals surface area contributed by atoms with Crippen LogP contribution in [0.4, 0.5) is 0 Å². The van der Waals surface area contributed by atoms with Gasteiger partial charge in [-0.1, -0.05) is 42.5 Å². The van der Waals surface area contributed by atoms with Crippen LogP contribution in [0.25, 0.3) is 0 Å². The average molecular weight is 378 g/mol. The summed E-state index contributed by atoms with van der Waals surface area (Å²) in [6.07, 6.45) is 3.00. The molecule has 28 heavy (non-hydrogen) atoms. The minimum atomic E-state index is -0.259. The third-order valence-electron chi connectivity index (χ3n) is 4.15. The van der Waals surface area contributed by atoms with E-state index in [2.05, 4.69) is 10.6 Å². The molecule has 0 bridgehead atoms. The van der Waals surface area contributed by atoms with Crippen LogP contribution in [0.15, 0.2) is 77.6 Å². The van der Waals surface area contributed by atoms with Gasteiger partial charge in [-0.05, 0) is 29.3 Å². The number of carbonyl (C=O) groups is 2. The van der Waals surface area contributed by atoms with Crippen molar-refractivity contribution in [1.82, 2.24) is 10.6 Å². The Hall–Kier alpha value is -3.54. The van der Waals surface area contributed by atoms with Crippen LogP contribution in [0.1, 0.15) is 27.9 Å². The monoisotopic (exact) mass is 378 g/mol. The number of nitrogens with one attached hydrogen (secondary N) is 2. The molecule has 0 aliphatic heterocycles. The Labute approximate surface area is 163 Å². The molecule has 0 saturated carbocycles. The molecule has 2 aromatic carbocycles. The van der Waals surface area contributed by atoms with Crippen LogP contribution in [0.3, 0.4) is 0 Å². The van der Waals surface area contributed by atoms with E-state index in [0.29, 0.717) is 18.7 Å². The van der Waals surface area contributed by atoms with Crippen molar-refractivity contribution in [3.8, 4) is 5.75 Å². The van der Waals surface area contributed by atoms with Crippen molar-refractivity contribution in [2.45, 2.75) is 19.6 Å². The second-order valence-corrected chi connectivity index (χ2v) is 6.17. The van der Waals surface area contributed by atoms with Gasteiger partial charge in [-0.2, -0.15) is 0 Å². The number of furan rings is 1. The van der Waals surface area contributed by atoms with Gasteiger partial charge in [-0.25, -0.2) is 0 Å². The van der Waals surface area contributed by atoms with Crippen LogP contribution in [-0.2, 0) is 17.9 Å². The fourth-order valence-electron chi connectivity index (χ4n) is 2.62. The lowest BCUT2D eigenvalue weighted by molar-refractivity contribution is -0.121. The molecule has 2 N–H and O–H groups in total. The van der Waals surface area contributed by atoms with Crippen molar-refractivity contribution in [3.05, 3.63) is 89.9 Å². The first-order valence-electron chi connectivity index (χ1n) is 9.04. The van der Waals surface area contributed by atoms with Crippen LogP contribution in [0.5, 0.6) is 5.75 Å². The van der Waals surface area contributed by atoms with Gasteiger partial charge in [0.05, 0.1) is 11.8 Å². The average Bonchev–Trinajstić information content (AvgIpc) is 3.27. The number of rotatable bonds is 9. The Morgan fingerprint density at radius 1 is 0.893 bits per heavy atom. The van der Waals surface area contributed by atoms with Gasteiger partial charge < -0.3 is 19.8 Å². The molecular weight excluding hydrogens is 356 g/mol. The highest BCUT2D eigenvalue weighted by molar-refractivity contribution is 5.94. The van der Waals surface area contributed by atoms with E-state index in [9.17, 15) is 9.59 Å². The maximum absolute atomic E-state index is 12.1. The van der Waals surface area contributed by atoms with E-state index in [0.717, 1.165) is 16.9 Å². The molecule has 0 aliphatic rings. The summed E-state index contributed by atoms with van der Waals surface area (Å²) in [5, 5.41) is 5.57. The van der Waals surface area contributed by atoms with E-state index in [1.807, 2.05) is 54.6 Å². The van der Waals surface area contributed by atoms with E-state index in [4.69, 9.17) is 9.15 Å². The van der Waals surface area contributed by atoms with Crippen molar-refractivity contribution < 1.29 is 18.7 Å². The molecule has 6 nitrogen and oxygen atoms in total. The normalized spacial score (nSPS) is 10.3. The highest BCUT2D eigenvalue weighted by Crippen LogP contribution is 2.14. The summed E-state index contributed by atoms with van der Waals surface area (Å²) < 4.78 is 10.7. The fraction of sp³-hybridized carbons (Fsp3) is 0.182. The lowest BCUT2D eigenvalue weighted by atomic mass is 10.1. The molecule has 0 atom stereocenters. The maximum atomic E-state index is 12.1. The maximum Gasteiger partial charge on any atom is 0.254 e. The molecule has 0 fully saturated rings. The SMILES string of the molecule is O=C(CCNC(=O)c1ccoc1)NCc1ccccc1COc1ccccc1. The van der Waals surface area contributed by atoms with Gasteiger partial charge in [0.1, 0.15) is 18.6 Å². The van der Waals surface area contributed by atoms with E-state index in [1.165, 1.54) is 12.5 Å². The number of hydrogen-bond acceptors (Lipinski definition) is 4. The summed E-state index contributed by atoms with van der Waals surface area (Å²) in [6, 6.07) is 19.0. The third kappa shape index (κ3) is 5.74. The van der Waals surface area contributed by atoms with Gasteiger partial charge in [-0.3, -0.25) is 9.59 Å². The minimum absolute atomic E-state index is 0.133. The van der Waals surface area contributed by atoms with Gasteiger partial charge in [0, 0.05) is 19.5 Å². The molecule has 1 aromatic heterocycles. The molecular formula is C22H22N2O4. The molecule has 3 rings (SSSR count). The molecule has 1 heterocycles. The van der Waals surface area contributed by atoms with Crippen LogP contribution in [0, 0.1) is 0 Å². The largest absolute Gasteiger partial charge is 0.489 e. The minimum Gasteiger partial charge on any atom is -0.489 e. The Morgan fingerprint density at radius 3 is 2.39 bits per heavy atom. The summed E-state index contributed by atoms with van der Waals surface area (Å²) in [4.78, 5) is 23.8. The number of carbonyl (C=O) groups excluding carboxylic acids is 2. The van der Waals surface area contributed by atoms with E-state index < -0.39 is 0 Å². The molecule has 0 unspecified atom stereocenters. The molecule has 0 spiro atoms. The van der Waals surface area contributed by atoms with Gasteiger partial charge in [0.15, 0.2) is 0 Å². The zero-order valence-electron chi connectivity index (χ0n) is 15.4. The molecule has 2 amide bonds. The molecule has 3 aromatic rings. The zero-order chi connectivity index (χ0) is 19.6. The summed E-state index contributed by atoms with van der Waals surface area (Å²) in [6.45, 7) is 1.09. The smallest absolute Gasteiger partial charge is 0.254 e. The summed E-state index contributed by atoms with van der Waals surface area (Å²) in [5.74, 6) is 0.408. The lowest BCUT2D eigenvalue weighted by Crippen LogP contribution is -2.30. The number of amides is 2. The first-order valence-corrected chi connectivity index (χ1v) is 9.04. The Morgan fingerprint density at radius 2 is 1.64 bits per heavy atom. The zero-order valence-corrected chi connectivity index (χ0v) is 15.4. The van der Waals surface area contributed by atoms with Crippen molar-refractivity contribution in [2.24, 2.45) is 0 Å². The lowest BCUT2D eigenvalue weighted by Gasteiger charge is -2.12. The predicted octanol–water partition coefficient (Wildman–Crippen LogP) is 3.29. The van der Waals surface area contributed by atoms with E-state index in [-0.39, 0.29) is 24.8 Å². The quantitative estimate of drug-likeness (QED) is 0.599. The van der Waals surface area contributed by atoms with Crippen molar-refractivity contribution in [3.63, 3.8) is 0 Å². The molecule has 144 valence electrons. The Kier molecular flexibility index (Phi) is 6.84. The van der Waals surface area contributed by atoms with Crippen LogP contribution in [0.2, 0.25) is 0 Å². The standard InChI is InChI=1S/C22H22N2O4/c25-21(10-12-23-22(26)19-11-13-27-15-19)24-14-17-6-4-5-7-18(17)16-28-20-8-2-1-3-9-20/h1-9,11,13,15H,10,12,14,16H2,(H,23,26)(H,24,25). The number of benzene rings is 2. The van der Waals surface area contributed by atoms with E-state index >= 15 is 0 Å². The van der Waals surface area contributed by atoms with Gasteiger partial charge >= 0.3 is 0 Å². The first kappa shape index (κ1) is 19.2. The molecule has 0 saturated heterocycles. The summed E-state index contributed by atoms with van der Waals surface area (Å²) >= 11 is 0. The van der Waals surface area contributed by atoms with Gasteiger partial charge in [0.2, 0.25) is 5.91 Å². The highest BCUT2D eigenvalue weighted by atomic mass is 16.5. The van der Waals surface area contributed by atoms with Crippen molar-refractivity contribution in [1.29, 1.82) is 0 Å². The first-order chi connectivity index (χ1) is 13.7. The highest BCUT2D eigenvalue weighted by Gasteiger charge is 2.09. The summed E-state index contributed by atoms with van der Waals surface area (Å²) in [7, 11) is 0. The Balaban J connectivity index is 1.43. The second-order valence-electron chi connectivity index (χ2n) is 6.17. The number of ether oxygens (including phenoxy) is 1. The summed E-state index contributed by atoms with van der Waals surface area (Å²) in [5.41, 5.74) is 2.45. The van der Waals surface area contributed by atoms with Crippen molar-refractivity contribution in [2.75, 3.05) is 6.54 Å². The molecule has 6 heteroatoms. The number of hydrogen-bond donors (Lipinski definition) is 2. The van der Waals surface area contributed by atoms with Crippen LogP contribution < -0.4 is 15.4 Å². The van der Waals surface area contributed by atoms with Gasteiger partial charge in [0.25, 0.3) is 5.91 Å². The Bertz CT molecular complexity index is 892. The van der Waals surface area contributed by atoms with Crippen LogP contribution in [-0.4, -0.2) is 18.4 Å². The van der Waals surface area contributed by atoms with Gasteiger partial charge in [-0.15, -0.1) is 0 Å². The fourth-order valence-corrected chi connectivity index (χ4v) is 2.62. The van der Waals surface area contributed by atoms with Crippen LogP contribution >= 0.6 is 0 Å². The van der Waals surface area contributed by atoms with E-state index in [1.54, 1.807) is 6.07 Å². The topological polar surface area (TPSA) is 80.6 Å². The second kappa shape index (κ2) is 9.97. The third-order valence-corrected chi connectivity index (χ3v) is 4.15. The number of para-hydroxylation sites is 1. The predicted molar refractivity (Wildman–Crippen MR) is 105 cm³/mol. The molecule has 0 aliphatic carbocycles.